The summed E-state index contributed by atoms with van der Waals surface area (Å²) in [5.74, 6) is 0.725. The summed E-state index contributed by atoms with van der Waals surface area (Å²) in [6.07, 6.45) is 0.707. The molecule has 8 heteroatoms. The van der Waals surface area contributed by atoms with Gasteiger partial charge in [-0.3, -0.25) is 9.36 Å². The van der Waals surface area contributed by atoms with Gasteiger partial charge in [-0.15, -0.1) is 0 Å². The highest BCUT2D eigenvalue weighted by Gasteiger charge is 2.37. The van der Waals surface area contributed by atoms with Gasteiger partial charge in [-0.2, -0.15) is 4.52 Å². The summed E-state index contributed by atoms with van der Waals surface area (Å²) >= 11 is 0. The second kappa shape index (κ2) is 6.48. The predicted octanol–water partition coefficient (Wildman–Crippen LogP) is 2.98. The summed E-state index contributed by atoms with van der Waals surface area (Å²) < 4.78 is 21.9. The Morgan fingerprint density at radius 1 is 1.17 bits per heavy atom. The van der Waals surface area contributed by atoms with Crippen LogP contribution in [-0.2, 0) is 18.4 Å². The van der Waals surface area contributed by atoms with Gasteiger partial charge >= 0.3 is 0 Å². The highest BCUT2D eigenvalue weighted by atomic mass is 19.1. The fraction of sp³-hybridized carbons (Fsp3) is 0.273. The molecule has 2 heterocycles. The van der Waals surface area contributed by atoms with Gasteiger partial charge in [0.2, 0.25) is 0 Å². The van der Waals surface area contributed by atoms with E-state index in [1.807, 2.05) is 18.2 Å². The maximum absolute atomic E-state index is 13.7. The largest absolute Gasteiger partial charge is 0.497 e. The van der Waals surface area contributed by atoms with E-state index in [4.69, 9.17) is 4.74 Å². The summed E-state index contributed by atoms with van der Waals surface area (Å²) in [6, 6.07) is 12.0. The molecule has 152 valence electrons. The first-order valence-corrected chi connectivity index (χ1v) is 9.66. The van der Waals surface area contributed by atoms with Crippen LogP contribution in [0.3, 0.4) is 0 Å². The second-order valence-electron chi connectivity index (χ2n) is 8.22. The molecule has 0 atom stereocenters. The van der Waals surface area contributed by atoms with E-state index in [-0.39, 0.29) is 17.9 Å². The van der Waals surface area contributed by atoms with Gasteiger partial charge in [-0.1, -0.05) is 37.1 Å². The summed E-state index contributed by atoms with van der Waals surface area (Å²) in [7, 11) is 1.61. The van der Waals surface area contributed by atoms with Gasteiger partial charge in [0.25, 0.3) is 11.3 Å². The van der Waals surface area contributed by atoms with Crippen LogP contribution in [0.2, 0.25) is 0 Å². The Balaban J connectivity index is 1.82. The minimum atomic E-state index is -0.418. The average Bonchev–Trinajstić information content (AvgIpc) is 3.20. The number of hydrogen-bond donors (Lipinski definition) is 0. The van der Waals surface area contributed by atoms with E-state index in [1.165, 1.54) is 12.1 Å². The zero-order chi connectivity index (χ0) is 21.0. The molecule has 0 bridgehead atoms. The van der Waals surface area contributed by atoms with Gasteiger partial charge in [0.1, 0.15) is 11.6 Å². The van der Waals surface area contributed by atoms with Crippen molar-refractivity contribution < 1.29 is 9.13 Å². The highest BCUT2D eigenvalue weighted by Crippen LogP contribution is 2.42. The summed E-state index contributed by atoms with van der Waals surface area (Å²) in [6.45, 7) is 4.36. The van der Waals surface area contributed by atoms with Gasteiger partial charge in [0.05, 0.1) is 24.9 Å². The molecule has 7 nitrogen and oxygen atoms in total. The molecule has 30 heavy (non-hydrogen) atoms. The molecule has 4 aromatic rings. The third-order valence-corrected chi connectivity index (χ3v) is 5.74. The first kappa shape index (κ1) is 18.5. The Bertz CT molecular complexity index is 1340. The molecule has 0 saturated heterocycles. The minimum Gasteiger partial charge on any atom is -0.497 e. The molecule has 0 amide bonds. The molecule has 2 aromatic heterocycles. The molecular weight excluding hydrogens is 385 g/mol. The second-order valence-corrected chi connectivity index (χ2v) is 8.22. The number of benzene rings is 2. The van der Waals surface area contributed by atoms with Crippen molar-refractivity contribution in [2.24, 2.45) is 0 Å². The van der Waals surface area contributed by atoms with Crippen LogP contribution in [0.4, 0.5) is 4.39 Å². The highest BCUT2D eigenvalue weighted by molar-refractivity contribution is 5.74. The quantitative estimate of drug-likeness (QED) is 0.524. The Morgan fingerprint density at radius 3 is 2.67 bits per heavy atom. The van der Waals surface area contributed by atoms with Crippen molar-refractivity contribution in [1.29, 1.82) is 0 Å². The number of rotatable bonds is 3. The lowest BCUT2D eigenvalue weighted by molar-refractivity contribution is 0.414. The van der Waals surface area contributed by atoms with Gasteiger partial charge < -0.3 is 4.74 Å². The van der Waals surface area contributed by atoms with E-state index in [0.717, 1.165) is 16.7 Å². The van der Waals surface area contributed by atoms with Crippen LogP contribution in [0.15, 0.2) is 47.3 Å². The van der Waals surface area contributed by atoms with Crippen LogP contribution in [-0.4, -0.2) is 31.7 Å². The van der Waals surface area contributed by atoms with Crippen molar-refractivity contribution in [3.8, 4) is 17.0 Å². The van der Waals surface area contributed by atoms with Crippen molar-refractivity contribution in [3.05, 3.63) is 75.3 Å². The van der Waals surface area contributed by atoms with Crippen molar-refractivity contribution in [1.82, 2.24) is 24.6 Å². The van der Waals surface area contributed by atoms with Gasteiger partial charge in [0, 0.05) is 11.0 Å². The van der Waals surface area contributed by atoms with Crippen LogP contribution >= 0.6 is 0 Å². The van der Waals surface area contributed by atoms with E-state index < -0.39 is 5.41 Å². The molecule has 0 radical (unpaired) electrons. The molecule has 0 spiro atoms. The van der Waals surface area contributed by atoms with Crippen molar-refractivity contribution in [2.45, 2.75) is 32.2 Å². The fourth-order valence-corrected chi connectivity index (χ4v) is 4.32. The molecule has 0 N–H and O–H groups in total. The first-order valence-electron chi connectivity index (χ1n) is 9.66. The van der Waals surface area contributed by atoms with Crippen LogP contribution in [0, 0.1) is 5.82 Å². The van der Waals surface area contributed by atoms with Crippen molar-refractivity contribution >= 4 is 5.78 Å². The predicted molar refractivity (Wildman–Crippen MR) is 109 cm³/mol. The van der Waals surface area contributed by atoms with E-state index in [0.29, 0.717) is 29.2 Å². The molecule has 0 fully saturated rings. The number of fused-ring (bicyclic) bond motifs is 5. The normalized spacial score (nSPS) is 14.4. The number of aromatic nitrogens is 5. The molecular formula is C22H20FN5O2. The summed E-state index contributed by atoms with van der Waals surface area (Å²) in [4.78, 5) is 13.7. The Kier molecular flexibility index (Phi) is 3.99. The molecule has 2 aromatic carbocycles. The zero-order valence-corrected chi connectivity index (χ0v) is 16.9. The SMILES string of the molecule is COc1ccc2c(c1)-c1c(c(=O)n(Cc3ccc(F)cc3)c3nnnn13)C(C)(C)C2. The molecule has 5 rings (SSSR count). The standard InChI is InChI=1S/C22H20FN5O2/c1-22(2)11-14-6-9-16(30-3)10-17(14)19-18(22)20(29)27(21-24-25-26-28(19)21)12-13-4-7-15(23)8-5-13/h4-10H,11-12H2,1-3H3. The van der Waals surface area contributed by atoms with Crippen molar-refractivity contribution in [3.63, 3.8) is 0 Å². The van der Waals surface area contributed by atoms with Crippen LogP contribution < -0.4 is 10.3 Å². The van der Waals surface area contributed by atoms with Crippen LogP contribution in [0.25, 0.3) is 17.0 Å². The maximum atomic E-state index is 13.7. The molecule has 0 aliphatic heterocycles. The number of tetrazole rings is 1. The van der Waals surface area contributed by atoms with Gasteiger partial charge in [-0.25, -0.2) is 4.39 Å². The van der Waals surface area contributed by atoms with Crippen molar-refractivity contribution in [2.75, 3.05) is 7.11 Å². The van der Waals surface area contributed by atoms with Gasteiger partial charge in [-0.05, 0) is 52.2 Å². The number of methoxy groups -OCH3 is 1. The Labute approximate surface area is 171 Å². The molecule has 1 aliphatic rings. The van der Waals surface area contributed by atoms with Crippen LogP contribution in [0.1, 0.15) is 30.5 Å². The number of hydrogen-bond acceptors (Lipinski definition) is 5. The van der Waals surface area contributed by atoms with E-state index in [2.05, 4.69) is 29.4 Å². The summed E-state index contributed by atoms with van der Waals surface area (Å²) in [5.41, 5.74) is 3.59. The van der Waals surface area contributed by atoms with E-state index in [9.17, 15) is 9.18 Å². The van der Waals surface area contributed by atoms with Gasteiger partial charge in [0.15, 0.2) is 0 Å². The van der Waals surface area contributed by atoms with Crippen LogP contribution in [0.5, 0.6) is 5.75 Å². The first-order chi connectivity index (χ1) is 14.4. The Hall–Kier alpha value is -3.55. The zero-order valence-electron chi connectivity index (χ0n) is 16.9. The van der Waals surface area contributed by atoms with E-state index in [1.54, 1.807) is 28.3 Å². The third-order valence-electron chi connectivity index (χ3n) is 5.74. The third kappa shape index (κ3) is 2.71. The number of nitrogens with zero attached hydrogens (tertiary/aromatic N) is 5. The molecule has 0 unspecified atom stereocenters. The minimum absolute atomic E-state index is 0.143. The number of halogens is 1. The van der Waals surface area contributed by atoms with E-state index >= 15 is 0 Å². The topological polar surface area (TPSA) is 74.3 Å². The summed E-state index contributed by atoms with van der Waals surface area (Å²) in [5, 5.41) is 12.2. The fourth-order valence-electron chi connectivity index (χ4n) is 4.32. The molecule has 1 aliphatic carbocycles. The average molecular weight is 405 g/mol. The monoisotopic (exact) mass is 405 g/mol. The molecule has 0 saturated carbocycles. The lowest BCUT2D eigenvalue weighted by atomic mass is 9.72. The smallest absolute Gasteiger partial charge is 0.259 e. The lowest BCUT2D eigenvalue weighted by Gasteiger charge is -2.33. The maximum Gasteiger partial charge on any atom is 0.259 e. The lowest BCUT2D eigenvalue weighted by Crippen LogP contribution is -2.39. The number of ether oxygens (including phenoxy) is 1. The Morgan fingerprint density at radius 2 is 1.93 bits per heavy atom.